The quantitative estimate of drug-likeness (QED) is 0.823. The number of carbonyl (C=O) groups excluding carboxylic acids is 2. The van der Waals surface area contributed by atoms with Crippen molar-refractivity contribution in [1.82, 2.24) is 0 Å². The van der Waals surface area contributed by atoms with Crippen molar-refractivity contribution in [3.05, 3.63) is 48.3 Å². The molecule has 2 amide bonds. The van der Waals surface area contributed by atoms with Gasteiger partial charge >= 0.3 is 0 Å². The zero-order valence-electron chi connectivity index (χ0n) is 14.5. The summed E-state index contributed by atoms with van der Waals surface area (Å²) in [6.45, 7) is 3.90. The fourth-order valence-electron chi connectivity index (χ4n) is 2.37. The summed E-state index contributed by atoms with van der Waals surface area (Å²) in [7, 11) is 0. The number of halogens is 1. The van der Waals surface area contributed by atoms with Crippen LogP contribution in [0.4, 0.5) is 15.8 Å². The average Bonchev–Trinajstić information content (AvgIpc) is 2.61. The summed E-state index contributed by atoms with van der Waals surface area (Å²) in [5, 5.41) is 5.26. The number of carbonyl (C=O) groups is 2. The predicted molar refractivity (Wildman–Crippen MR) is 94.9 cm³/mol. The molecule has 6 nitrogen and oxygen atoms in total. The van der Waals surface area contributed by atoms with Crippen LogP contribution in [-0.4, -0.2) is 25.0 Å². The molecule has 0 saturated carbocycles. The molecule has 26 heavy (non-hydrogen) atoms. The van der Waals surface area contributed by atoms with E-state index in [1.165, 1.54) is 32.0 Å². The van der Waals surface area contributed by atoms with Gasteiger partial charge in [0.15, 0.2) is 11.5 Å². The van der Waals surface area contributed by atoms with Crippen LogP contribution in [0, 0.1) is 11.2 Å². The molecule has 1 heterocycles. The summed E-state index contributed by atoms with van der Waals surface area (Å²) in [6.07, 6.45) is 0. The van der Waals surface area contributed by atoms with Crippen molar-refractivity contribution >= 4 is 23.2 Å². The Kier molecular flexibility index (Phi) is 4.79. The summed E-state index contributed by atoms with van der Waals surface area (Å²) < 4.78 is 24.2. The first kappa shape index (κ1) is 17.7. The molecule has 0 fully saturated rings. The van der Waals surface area contributed by atoms with Gasteiger partial charge in [0.2, 0.25) is 11.8 Å². The first-order chi connectivity index (χ1) is 12.4. The van der Waals surface area contributed by atoms with Gasteiger partial charge in [0.25, 0.3) is 0 Å². The lowest BCUT2D eigenvalue weighted by Gasteiger charge is -2.23. The molecular weight excluding hydrogens is 339 g/mol. The highest BCUT2D eigenvalue weighted by Crippen LogP contribution is 2.33. The molecule has 7 heteroatoms. The van der Waals surface area contributed by atoms with E-state index in [0.717, 1.165) is 0 Å². The molecule has 1 aliphatic rings. The number of benzene rings is 2. The van der Waals surface area contributed by atoms with Crippen LogP contribution in [0.1, 0.15) is 13.8 Å². The Balaban J connectivity index is 1.70. The Bertz CT molecular complexity index is 851. The van der Waals surface area contributed by atoms with Gasteiger partial charge in [0.1, 0.15) is 24.4 Å². The lowest BCUT2D eigenvalue weighted by atomic mass is 9.90. The van der Waals surface area contributed by atoms with Crippen molar-refractivity contribution in [2.24, 2.45) is 5.41 Å². The molecule has 0 atom stereocenters. The standard InChI is InChI=1S/C19H19FN2O4/c1-19(2,17(23)21-13-5-3-4-12(20)10-13)18(24)22-14-6-7-15-16(11-14)26-9-8-25-15/h3-7,10-11H,8-9H2,1-2H3,(H,21,23)(H,22,24). The SMILES string of the molecule is CC(C)(C(=O)Nc1cccc(F)c1)C(=O)Nc1ccc2c(c1)OCCO2. The Morgan fingerprint density at radius 3 is 2.19 bits per heavy atom. The van der Waals surface area contributed by atoms with Crippen LogP contribution in [0.25, 0.3) is 0 Å². The minimum absolute atomic E-state index is 0.287. The van der Waals surface area contributed by atoms with E-state index < -0.39 is 23.0 Å². The van der Waals surface area contributed by atoms with Crippen molar-refractivity contribution in [1.29, 1.82) is 0 Å². The molecule has 0 saturated heterocycles. The Morgan fingerprint density at radius 1 is 0.923 bits per heavy atom. The highest BCUT2D eigenvalue weighted by Gasteiger charge is 2.36. The fourth-order valence-corrected chi connectivity index (χ4v) is 2.37. The summed E-state index contributed by atoms with van der Waals surface area (Å²) in [5.41, 5.74) is -0.597. The summed E-state index contributed by atoms with van der Waals surface area (Å²) in [4.78, 5) is 25.1. The van der Waals surface area contributed by atoms with Crippen molar-refractivity contribution in [3.8, 4) is 11.5 Å². The number of ether oxygens (including phenoxy) is 2. The Hall–Kier alpha value is -3.09. The molecule has 2 N–H and O–H groups in total. The Labute approximate surface area is 150 Å². The van der Waals surface area contributed by atoms with Crippen molar-refractivity contribution < 1.29 is 23.5 Å². The average molecular weight is 358 g/mol. The molecule has 2 aromatic rings. The van der Waals surface area contributed by atoms with Crippen LogP contribution in [0.5, 0.6) is 11.5 Å². The maximum Gasteiger partial charge on any atom is 0.239 e. The third kappa shape index (κ3) is 3.77. The molecule has 1 aliphatic heterocycles. The van der Waals surface area contributed by atoms with E-state index in [0.29, 0.717) is 30.4 Å². The molecular formula is C19H19FN2O4. The van der Waals surface area contributed by atoms with Gasteiger partial charge < -0.3 is 20.1 Å². The molecule has 0 radical (unpaired) electrons. The summed E-state index contributed by atoms with van der Waals surface area (Å²) >= 11 is 0. The second-order valence-electron chi connectivity index (χ2n) is 6.40. The van der Waals surface area contributed by atoms with Crippen molar-refractivity contribution in [3.63, 3.8) is 0 Å². The minimum atomic E-state index is -1.38. The van der Waals surface area contributed by atoms with E-state index in [1.807, 2.05) is 0 Å². The highest BCUT2D eigenvalue weighted by atomic mass is 19.1. The van der Waals surface area contributed by atoms with Gasteiger partial charge in [0.05, 0.1) is 0 Å². The van der Waals surface area contributed by atoms with E-state index in [4.69, 9.17) is 9.47 Å². The van der Waals surface area contributed by atoms with E-state index in [1.54, 1.807) is 24.3 Å². The van der Waals surface area contributed by atoms with E-state index in [-0.39, 0.29) is 5.69 Å². The highest BCUT2D eigenvalue weighted by molar-refractivity contribution is 6.14. The normalized spacial score (nSPS) is 13.0. The first-order valence-corrected chi connectivity index (χ1v) is 8.14. The maximum absolute atomic E-state index is 13.2. The molecule has 0 unspecified atom stereocenters. The monoisotopic (exact) mass is 358 g/mol. The number of rotatable bonds is 4. The van der Waals surface area contributed by atoms with Crippen LogP contribution in [0.2, 0.25) is 0 Å². The fraction of sp³-hybridized carbons (Fsp3) is 0.263. The minimum Gasteiger partial charge on any atom is -0.486 e. The van der Waals surface area contributed by atoms with Gasteiger partial charge in [-0.1, -0.05) is 6.07 Å². The molecule has 0 aromatic heterocycles. The van der Waals surface area contributed by atoms with Crippen LogP contribution in [-0.2, 0) is 9.59 Å². The van der Waals surface area contributed by atoms with Gasteiger partial charge in [0, 0.05) is 17.4 Å². The van der Waals surface area contributed by atoms with Gasteiger partial charge in [-0.25, -0.2) is 4.39 Å². The lowest BCUT2D eigenvalue weighted by Crippen LogP contribution is -2.41. The number of hydrogen-bond acceptors (Lipinski definition) is 4. The molecule has 0 aliphatic carbocycles. The second-order valence-corrected chi connectivity index (χ2v) is 6.40. The van der Waals surface area contributed by atoms with Crippen molar-refractivity contribution in [2.75, 3.05) is 23.8 Å². The molecule has 136 valence electrons. The zero-order valence-corrected chi connectivity index (χ0v) is 14.5. The van der Waals surface area contributed by atoms with Crippen LogP contribution in [0.15, 0.2) is 42.5 Å². The van der Waals surface area contributed by atoms with Gasteiger partial charge in [-0.05, 0) is 44.2 Å². The summed E-state index contributed by atoms with van der Waals surface area (Å²) in [5.74, 6) is -0.365. The molecule has 2 aromatic carbocycles. The topological polar surface area (TPSA) is 76.7 Å². The number of anilines is 2. The second kappa shape index (κ2) is 7.03. The Morgan fingerprint density at radius 2 is 1.54 bits per heavy atom. The van der Waals surface area contributed by atoms with Crippen LogP contribution in [0.3, 0.4) is 0 Å². The number of fused-ring (bicyclic) bond motifs is 1. The zero-order chi connectivity index (χ0) is 18.7. The van der Waals surface area contributed by atoms with Gasteiger partial charge in [-0.3, -0.25) is 9.59 Å². The largest absolute Gasteiger partial charge is 0.486 e. The molecule has 0 spiro atoms. The van der Waals surface area contributed by atoms with Gasteiger partial charge in [-0.15, -0.1) is 0 Å². The van der Waals surface area contributed by atoms with E-state index >= 15 is 0 Å². The smallest absolute Gasteiger partial charge is 0.239 e. The van der Waals surface area contributed by atoms with Crippen molar-refractivity contribution in [2.45, 2.75) is 13.8 Å². The first-order valence-electron chi connectivity index (χ1n) is 8.14. The van der Waals surface area contributed by atoms with E-state index in [2.05, 4.69) is 10.6 Å². The lowest BCUT2D eigenvalue weighted by molar-refractivity contribution is -0.135. The number of hydrogen-bond donors (Lipinski definition) is 2. The number of nitrogens with one attached hydrogen (secondary N) is 2. The molecule has 0 bridgehead atoms. The van der Waals surface area contributed by atoms with Gasteiger partial charge in [-0.2, -0.15) is 0 Å². The third-order valence-electron chi connectivity index (χ3n) is 4.02. The molecule has 3 rings (SSSR count). The van der Waals surface area contributed by atoms with Crippen LogP contribution >= 0.6 is 0 Å². The third-order valence-corrected chi connectivity index (χ3v) is 4.02. The maximum atomic E-state index is 13.2. The number of amides is 2. The summed E-state index contributed by atoms with van der Waals surface area (Å²) in [6, 6.07) is 10.5. The van der Waals surface area contributed by atoms with Crippen LogP contribution < -0.4 is 20.1 Å². The van der Waals surface area contributed by atoms with E-state index in [9.17, 15) is 14.0 Å². The predicted octanol–water partition coefficient (Wildman–Crippen LogP) is 3.20.